The van der Waals surface area contributed by atoms with Gasteiger partial charge >= 0.3 is 6.18 Å². The van der Waals surface area contributed by atoms with Crippen molar-refractivity contribution in [1.82, 2.24) is 14.8 Å². The van der Waals surface area contributed by atoms with E-state index in [2.05, 4.69) is 29.2 Å². The first-order valence-corrected chi connectivity index (χ1v) is 10.6. The Balaban J connectivity index is 1.48. The number of alkyl halides is 3. The van der Waals surface area contributed by atoms with Gasteiger partial charge in [0.25, 0.3) is 5.91 Å². The first-order valence-electron chi connectivity index (χ1n) is 10.6. The zero-order valence-electron chi connectivity index (χ0n) is 17.5. The number of hydrogen-bond acceptors (Lipinski definition) is 3. The highest BCUT2D eigenvalue weighted by atomic mass is 19.4. The molecule has 2 heterocycles. The second kappa shape index (κ2) is 8.32. The van der Waals surface area contributed by atoms with Crippen LogP contribution in [0, 0.1) is 11.8 Å². The number of nitrogens with one attached hydrogen (secondary N) is 1. The maximum absolute atomic E-state index is 12.8. The van der Waals surface area contributed by atoms with Crippen LogP contribution >= 0.6 is 0 Å². The predicted molar refractivity (Wildman–Crippen MR) is 113 cm³/mol. The lowest BCUT2D eigenvalue weighted by atomic mass is 9.80. The van der Waals surface area contributed by atoms with Gasteiger partial charge in [-0.15, -0.1) is 0 Å². The van der Waals surface area contributed by atoms with E-state index in [1.807, 2.05) is 10.9 Å². The Morgan fingerprint density at radius 2 is 1.87 bits per heavy atom. The van der Waals surface area contributed by atoms with Crippen molar-refractivity contribution in [3.63, 3.8) is 0 Å². The Kier molecular flexibility index (Phi) is 5.73. The molecule has 1 fully saturated rings. The van der Waals surface area contributed by atoms with Crippen molar-refractivity contribution in [2.75, 3.05) is 5.32 Å². The minimum atomic E-state index is -4.60. The minimum absolute atomic E-state index is 0.285. The van der Waals surface area contributed by atoms with Crippen molar-refractivity contribution < 1.29 is 18.0 Å². The zero-order valence-corrected chi connectivity index (χ0v) is 17.5. The molecule has 0 saturated heterocycles. The van der Waals surface area contributed by atoms with Crippen molar-refractivity contribution in [2.24, 2.45) is 11.8 Å². The van der Waals surface area contributed by atoms with Crippen LogP contribution < -0.4 is 5.32 Å². The van der Waals surface area contributed by atoms with Crippen LogP contribution in [-0.4, -0.2) is 20.7 Å². The molecule has 0 radical (unpaired) electrons. The van der Waals surface area contributed by atoms with Crippen LogP contribution in [0.3, 0.4) is 0 Å². The monoisotopic (exact) mass is 430 g/mol. The summed E-state index contributed by atoms with van der Waals surface area (Å²) in [6.45, 7) is 4.55. The van der Waals surface area contributed by atoms with E-state index in [-0.39, 0.29) is 5.69 Å². The van der Waals surface area contributed by atoms with Crippen molar-refractivity contribution in [3.8, 4) is 0 Å². The SMILES string of the molecule is CC(C)[C@H]1CC[C@H](n2cc3cc(NC(=O)c4cccc(C(F)(F)F)n4)ccc3n2)CC1. The van der Waals surface area contributed by atoms with E-state index < -0.39 is 17.8 Å². The van der Waals surface area contributed by atoms with E-state index in [1.54, 1.807) is 18.2 Å². The summed E-state index contributed by atoms with van der Waals surface area (Å²) >= 11 is 0. The van der Waals surface area contributed by atoms with Gasteiger partial charge in [-0.25, -0.2) is 4.98 Å². The first kappa shape index (κ1) is 21.3. The second-order valence-electron chi connectivity index (χ2n) is 8.56. The maximum Gasteiger partial charge on any atom is 0.433 e. The number of anilines is 1. The zero-order chi connectivity index (χ0) is 22.2. The lowest BCUT2D eigenvalue weighted by Crippen LogP contribution is -2.21. The van der Waals surface area contributed by atoms with E-state index in [0.717, 1.165) is 35.7 Å². The quantitative estimate of drug-likeness (QED) is 0.545. The fourth-order valence-corrected chi connectivity index (χ4v) is 4.26. The van der Waals surface area contributed by atoms with Gasteiger partial charge in [-0.3, -0.25) is 9.48 Å². The number of aromatic nitrogens is 3. The molecule has 31 heavy (non-hydrogen) atoms. The number of carbonyl (C=O) groups excluding carboxylic acids is 1. The lowest BCUT2D eigenvalue weighted by molar-refractivity contribution is -0.141. The third-order valence-corrected chi connectivity index (χ3v) is 6.11. The summed E-state index contributed by atoms with van der Waals surface area (Å²) < 4.78 is 40.6. The van der Waals surface area contributed by atoms with E-state index in [4.69, 9.17) is 0 Å². The number of fused-ring (bicyclic) bond motifs is 1. The Morgan fingerprint density at radius 3 is 2.55 bits per heavy atom. The van der Waals surface area contributed by atoms with Crippen molar-refractivity contribution in [3.05, 3.63) is 54.0 Å². The Hall–Kier alpha value is -2.90. The third kappa shape index (κ3) is 4.73. The third-order valence-electron chi connectivity index (χ3n) is 6.11. The molecule has 0 spiro atoms. The largest absolute Gasteiger partial charge is 0.433 e. The molecule has 1 amide bonds. The summed E-state index contributed by atoms with van der Waals surface area (Å²) in [5.74, 6) is 0.785. The second-order valence-corrected chi connectivity index (χ2v) is 8.56. The normalized spacial score (nSPS) is 19.7. The average molecular weight is 430 g/mol. The van der Waals surface area contributed by atoms with Gasteiger partial charge in [-0.1, -0.05) is 19.9 Å². The van der Waals surface area contributed by atoms with Gasteiger partial charge in [-0.2, -0.15) is 18.3 Å². The van der Waals surface area contributed by atoms with Crippen LogP contribution in [0.2, 0.25) is 0 Å². The van der Waals surface area contributed by atoms with E-state index in [1.165, 1.54) is 25.0 Å². The molecule has 1 saturated carbocycles. The molecule has 5 nitrogen and oxygen atoms in total. The number of halogens is 3. The Bertz CT molecular complexity index is 1080. The predicted octanol–water partition coefficient (Wildman–Crippen LogP) is 6.09. The summed E-state index contributed by atoms with van der Waals surface area (Å²) in [5.41, 5.74) is -0.0717. The molecule has 8 heteroatoms. The molecule has 3 aromatic rings. The van der Waals surface area contributed by atoms with Crippen LogP contribution in [0.25, 0.3) is 10.9 Å². The van der Waals surface area contributed by atoms with Gasteiger partial charge in [0.05, 0.1) is 11.6 Å². The average Bonchev–Trinajstić information content (AvgIpc) is 3.16. The smallest absolute Gasteiger partial charge is 0.321 e. The van der Waals surface area contributed by atoms with E-state index in [9.17, 15) is 18.0 Å². The molecular weight excluding hydrogens is 405 g/mol. The van der Waals surface area contributed by atoms with Crippen molar-refractivity contribution in [2.45, 2.75) is 51.7 Å². The standard InChI is InChI=1S/C23H25F3N4O/c1-14(2)15-6-9-18(10-7-15)30-13-16-12-17(8-11-19(16)29-30)27-22(31)20-4-3-5-21(28-20)23(24,25)26/h3-5,8,11-15,18H,6-7,9-10H2,1-2H3,(H,27,31)/t15-,18-. The number of carbonyl (C=O) groups is 1. The van der Waals surface area contributed by atoms with E-state index >= 15 is 0 Å². The van der Waals surface area contributed by atoms with Crippen molar-refractivity contribution >= 4 is 22.5 Å². The lowest BCUT2D eigenvalue weighted by Gasteiger charge is -2.30. The fraction of sp³-hybridized carbons (Fsp3) is 0.435. The molecule has 0 bridgehead atoms. The summed E-state index contributed by atoms with van der Waals surface area (Å²) in [7, 11) is 0. The number of benzene rings is 1. The molecule has 0 aliphatic heterocycles. The topological polar surface area (TPSA) is 59.8 Å². The van der Waals surface area contributed by atoms with Crippen LogP contribution in [0.4, 0.5) is 18.9 Å². The van der Waals surface area contributed by atoms with Gasteiger partial charge in [0.1, 0.15) is 11.4 Å². The number of rotatable bonds is 4. The van der Waals surface area contributed by atoms with Gasteiger partial charge in [0, 0.05) is 17.3 Å². The summed E-state index contributed by atoms with van der Waals surface area (Å²) in [6, 6.07) is 8.92. The van der Waals surface area contributed by atoms with Crippen LogP contribution in [-0.2, 0) is 6.18 Å². The number of pyridine rings is 1. The molecule has 0 unspecified atom stereocenters. The van der Waals surface area contributed by atoms with Gasteiger partial charge in [0.2, 0.25) is 0 Å². The van der Waals surface area contributed by atoms with Gasteiger partial charge in [-0.05, 0) is 67.9 Å². The van der Waals surface area contributed by atoms with Crippen LogP contribution in [0.15, 0.2) is 42.6 Å². The molecule has 1 aliphatic rings. The molecule has 1 aromatic carbocycles. The molecule has 0 atom stereocenters. The number of amides is 1. The Morgan fingerprint density at radius 1 is 1.13 bits per heavy atom. The number of nitrogens with zero attached hydrogens (tertiary/aromatic N) is 3. The Labute approximate surface area is 178 Å². The maximum atomic E-state index is 12.8. The van der Waals surface area contributed by atoms with Crippen molar-refractivity contribution in [1.29, 1.82) is 0 Å². The molecule has 1 aliphatic carbocycles. The van der Waals surface area contributed by atoms with Gasteiger partial charge < -0.3 is 5.32 Å². The number of hydrogen-bond donors (Lipinski definition) is 1. The molecule has 2 aromatic heterocycles. The fourth-order valence-electron chi connectivity index (χ4n) is 4.26. The molecule has 4 rings (SSSR count). The van der Waals surface area contributed by atoms with Gasteiger partial charge in [0.15, 0.2) is 0 Å². The summed E-state index contributed by atoms with van der Waals surface area (Å²) in [6.07, 6.45) is 1.98. The highest BCUT2D eigenvalue weighted by Gasteiger charge is 2.33. The molecule has 164 valence electrons. The molecular formula is C23H25F3N4O. The van der Waals surface area contributed by atoms with E-state index in [0.29, 0.717) is 17.6 Å². The minimum Gasteiger partial charge on any atom is -0.321 e. The summed E-state index contributed by atoms with van der Waals surface area (Å²) in [4.78, 5) is 15.8. The highest BCUT2D eigenvalue weighted by molar-refractivity contribution is 6.03. The first-order chi connectivity index (χ1) is 14.7. The highest BCUT2D eigenvalue weighted by Crippen LogP contribution is 2.36. The van der Waals surface area contributed by atoms with Crippen LogP contribution in [0.5, 0.6) is 0 Å². The summed E-state index contributed by atoms with van der Waals surface area (Å²) in [5, 5.41) is 8.20. The van der Waals surface area contributed by atoms with Crippen LogP contribution in [0.1, 0.15) is 61.8 Å². The molecule has 1 N–H and O–H groups in total.